The van der Waals surface area contributed by atoms with Crippen molar-refractivity contribution in [2.75, 3.05) is 0 Å². The van der Waals surface area contributed by atoms with Crippen molar-refractivity contribution in [3.05, 3.63) is 0 Å². The van der Waals surface area contributed by atoms with Gasteiger partial charge in [0.05, 0.1) is 19.3 Å². The van der Waals surface area contributed by atoms with Crippen molar-refractivity contribution < 1.29 is 74.7 Å². The van der Waals surface area contributed by atoms with Gasteiger partial charge in [-0.15, -0.1) is 0 Å². The molecule has 0 aliphatic rings. The predicted octanol–water partition coefficient (Wildman–Crippen LogP) is -2.89. The van der Waals surface area contributed by atoms with Crippen LogP contribution in [0.15, 0.2) is 0 Å². The van der Waals surface area contributed by atoms with Crippen molar-refractivity contribution in [1.82, 2.24) is 0 Å². The van der Waals surface area contributed by atoms with Gasteiger partial charge in [-0.05, 0) is 6.92 Å². The van der Waals surface area contributed by atoms with Crippen molar-refractivity contribution >= 4 is 35.8 Å². The first kappa shape index (κ1) is 29.5. The van der Waals surface area contributed by atoms with Gasteiger partial charge in [0.1, 0.15) is 6.10 Å². The monoisotopic (exact) mass is 416 g/mol. The predicted molar refractivity (Wildman–Crippen MR) is 82.3 cm³/mol. The van der Waals surface area contributed by atoms with Crippen molar-refractivity contribution in [2.45, 2.75) is 44.0 Å². The maximum absolute atomic E-state index is 10.3. The molecular weight excluding hydrogens is 396 g/mol. The SMILES string of the molecule is CC(O)C(=O)O.O=C(O)CC(O)(CC(=O)O)C(=O)O.O=C(O)CC(O)C(=O)O. The number of carbonyl (C=O) groups is 6. The highest BCUT2D eigenvalue weighted by molar-refractivity contribution is 5.88. The number of carboxylic acids is 6. The summed E-state index contributed by atoms with van der Waals surface area (Å²) in [7, 11) is 0. The van der Waals surface area contributed by atoms with Crippen LogP contribution >= 0.6 is 0 Å². The second-order valence-corrected chi connectivity index (χ2v) is 4.94. The fourth-order valence-corrected chi connectivity index (χ4v) is 0.967. The van der Waals surface area contributed by atoms with E-state index in [-0.39, 0.29) is 0 Å². The molecule has 0 aromatic rings. The molecule has 28 heavy (non-hydrogen) atoms. The molecule has 0 aliphatic heterocycles. The minimum Gasteiger partial charge on any atom is -0.481 e. The van der Waals surface area contributed by atoms with E-state index < -0.39 is 72.9 Å². The molecule has 0 bridgehead atoms. The first-order chi connectivity index (χ1) is 12.5. The topological polar surface area (TPSA) is 284 Å². The van der Waals surface area contributed by atoms with Gasteiger partial charge in [-0.1, -0.05) is 0 Å². The molecule has 0 spiro atoms. The van der Waals surface area contributed by atoms with Crippen LogP contribution in [0.3, 0.4) is 0 Å². The summed E-state index contributed by atoms with van der Waals surface area (Å²) in [5.41, 5.74) is -2.74. The molecule has 2 unspecified atom stereocenters. The van der Waals surface area contributed by atoms with E-state index in [1.54, 1.807) is 0 Å². The highest BCUT2D eigenvalue weighted by Gasteiger charge is 2.40. The molecule has 0 amide bonds. The lowest BCUT2D eigenvalue weighted by atomic mass is 9.96. The van der Waals surface area contributed by atoms with E-state index in [9.17, 15) is 28.8 Å². The van der Waals surface area contributed by atoms with Gasteiger partial charge in [0, 0.05) is 0 Å². The average Bonchev–Trinajstić information content (AvgIpc) is 2.45. The van der Waals surface area contributed by atoms with Gasteiger partial charge in [0.15, 0.2) is 11.7 Å². The number of aliphatic hydroxyl groups excluding tert-OH is 2. The summed E-state index contributed by atoms with van der Waals surface area (Å²) in [5.74, 6) is -9.05. The van der Waals surface area contributed by atoms with E-state index in [1.807, 2.05) is 0 Å². The van der Waals surface area contributed by atoms with E-state index >= 15 is 0 Å². The normalized spacial score (nSPS) is 12.0. The highest BCUT2D eigenvalue weighted by atomic mass is 16.4. The maximum atomic E-state index is 10.3. The summed E-state index contributed by atoms with van der Waals surface area (Å²) in [6.07, 6.45) is -6.06. The van der Waals surface area contributed by atoms with Gasteiger partial charge in [0.2, 0.25) is 0 Å². The molecule has 9 N–H and O–H groups in total. The Hall–Kier alpha value is -3.30. The largest absolute Gasteiger partial charge is 0.481 e. The van der Waals surface area contributed by atoms with Gasteiger partial charge in [-0.2, -0.15) is 0 Å². The number of aliphatic hydroxyl groups is 3. The average molecular weight is 416 g/mol. The summed E-state index contributed by atoms with van der Waals surface area (Å²) in [5, 5.41) is 73.7. The van der Waals surface area contributed by atoms with Gasteiger partial charge >= 0.3 is 35.8 Å². The number of carboxylic acid groups (broad SMARTS) is 6. The van der Waals surface area contributed by atoms with Crippen LogP contribution in [-0.2, 0) is 28.8 Å². The van der Waals surface area contributed by atoms with Crippen LogP contribution in [0, 0.1) is 0 Å². The molecule has 0 rings (SSSR count). The molecule has 0 fully saturated rings. The van der Waals surface area contributed by atoms with E-state index in [4.69, 9.17) is 46.0 Å². The summed E-state index contributed by atoms with van der Waals surface area (Å²) in [4.78, 5) is 59.3. The zero-order chi connectivity index (χ0) is 23.2. The first-order valence-corrected chi connectivity index (χ1v) is 6.89. The summed E-state index contributed by atoms with van der Waals surface area (Å²) in [6, 6.07) is 0. The molecule has 0 aromatic heterocycles. The zero-order valence-corrected chi connectivity index (χ0v) is 14.3. The Balaban J connectivity index is -0.000000362. The molecule has 0 aliphatic carbocycles. The third-order valence-electron chi connectivity index (χ3n) is 2.30. The summed E-state index contributed by atoms with van der Waals surface area (Å²) >= 11 is 0. The molecule has 0 radical (unpaired) electrons. The summed E-state index contributed by atoms with van der Waals surface area (Å²) < 4.78 is 0. The number of aliphatic carboxylic acids is 6. The van der Waals surface area contributed by atoms with Crippen LogP contribution in [0.2, 0.25) is 0 Å². The number of rotatable bonds is 9. The Morgan fingerprint density at radius 1 is 0.714 bits per heavy atom. The third-order valence-corrected chi connectivity index (χ3v) is 2.30. The van der Waals surface area contributed by atoms with Gasteiger partial charge in [-0.25, -0.2) is 14.4 Å². The Morgan fingerprint density at radius 2 is 1.04 bits per heavy atom. The molecule has 0 saturated carbocycles. The molecule has 0 heterocycles. The van der Waals surface area contributed by atoms with E-state index in [1.165, 1.54) is 6.92 Å². The van der Waals surface area contributed by atoms with E-state index in [2.05, 4.69) is 0 Å². The van der Waals surface area contributed by atoms with Crippen LogP contribution in [0.4, 0.5) is 0 Å². The second kappa shape index (κ2) is 13.8. The van der Waals surface area contributed by atoms with Crippen LogP contribution < -0.4 is 0 Å². The Labute approximate surface area is 155 Å². The minimum absolute atomic E-state index is 0.755. The summed E-state index contributed by atoms with van der Waals surface area (Å²) in [6.45, 7) is 1.20. The fourth-order valence-electron chi connectivity index (χ4n) is 0.967. The van der Waals surface area contributed by atoms with Crippen LogP contribution in [0.25, 0.3) is 0 Å². The zero-order valence-electron chi connectivity index (χ0n) is 14.3. The standard InChI is InChI=1S/C6H8O7.C4H6O5.C3H6O3/c7-3(8)1-6(13,5(11)12)2-4(9)10;5-2(4(8)9)1-3(6)7;1-2(4)3(5)6/h13H,1-2H2,(H,7,8)(H,9,10)(H,11,12);2,5H,1H2,(H,6,7)(H,8,9);2,4H,1H3,(H,5,6). The number of hydrogen-bond donors (Lipinski definition) is 9. The molecule has 15 nitrogen and oxygen atoms in total. The van der Waals surface area contributed by atoms with Crippen LogP contribution in [0.1, 0.15) is 26.2 Å². The number of hydrogen-bond acceptors (Lipinski definition) is 9. The van der Waals surface area contributed by atoms with Crippen molar-refractivity contribution in [3.63, 3.8) is 0 Å². The fraction of sp³-hybridized carbons (Fsp3) is 0.538. The van der Waals surface area contributed by atoms with Crippen LogP contribution in [-0.4, -0.2) is 99.6 Å². The second-order valence-electron chi connectivity index (χ2n) is 4.94. The molecular formula is C13H20O15. The third kappa shape index (κ3) is 17.5. The molecule has 0 saturated heterocycles. The van der Waals surface area contributed by atoms with Gasteiger partial charge in [-0.3, -0.25) is 14.4 Å². The Morgan fingerprint density at radius 3 is 1.14 bits per heavy atom. The minimum atomic E-state index is -2.74. The van der Waals surface area contributed by atoms with Gasteiger partial charge < -0.3 is 46.0 Å². The first-order valence-electron chi connectivity index (χ1n) is 6.89. The molecule has 2 atom stereocenters. The van der Waals surface area contributed by atoms with E-state index in [0.29, 0.717) is 0 Å². The molecule has 0 aromatic carbocycles. The molecule has 162 valence electrons. The lowest BCUT2D eigenvalue weighted by Gasteiger charge is -2.18. The van der Waals surface area contributed by atoms with Crippen molar-refractivity contribution in [3.8, 4) is 0 Å². The van der Waals surface area contributed by atoms with E-state index in [0.717, 1.165) is 0 Å². The highest BCUT2D eigenvalue weighted by Crippen LogP contribution is 2.15. The van der Waals surface area contributed by atoms with Crippen molar-refractivity contribution in [1.29, 1.82) is 0 Å². The Bertz CT molecular complexity index is 562. The molecule has 15 heteroatoms. The van der Waals surface area contributed by atoms with Crippen LogP contribution in [0.5, 0.6) is 0 Å². The lowest BCUT2D eigenvalue weighted by Crippen LogP contribution is -2.42. The van der Waals surface area contributed by atoms with Crippen molar-refractivity contribution in [2.24, 2.45) is 0 Å². The smallest absolute Gasteiger partial charge is 0.336 e. The quantitative estimate of drug-likeness (QED) is 0.182. The Kier molecular flexibility index (Phi) is 14.6. The lowest BCUT2D eigenvalue weighted by molar-refractivity contribution is -0.170. The van der Waals surface area contributed by atoms with Gasteiger partial charge in [0.25, 0.3) is 0 Å². The maximum Gasteiger partial charge on any atom is 0.336 e.